The quantitative estimate of drug-likeness (QED) is 0.766. The first-order chi connectivity index (χ1) is 9.13. The van der Waals surface area contributed by atoms with Crippen LogP contribution in [-0.4, -0.2) is 43.5 Å². The molecule has 0 amide bonds. The summed E-state index contributed by atoms with van der Waals surface area (Å²) < 4.78 is 15.1. The third-order valence-electron chi connectivity index (χ3n) is 3.23. The molecular weight excluding hydrogens is 250 g/mol. The predicted octanol–water partition coefficient (Wildman–Crippen LogP) is 0.697. The first-order valence-electron chi connectivity index (χ1n) is 6.31. The standard InChI is InChI=1S/C13H19NO5/c1-17-12(15)11-3-2-10(19-11)8-14-9-13(16)4-6-18-7-5-13/h2-3,14,16H,4-9H2,1H3. The normalized spacial score (nSPS) is 18.2. The predicted molar refractivity (Wildman–Crippen MR) is 66.8 cm³/mol. The van der Waals surface area contributed by atoms with Crippen LogP contribution in [0.1, 0.15) is 29.2 Å². The average Bonchev–Trinajstić information content (AvgIpc) is 2.87. The lowest BCUT2D eigenvalue weighted by atomic mass is 9.94. The van der Waals surface area contributed by atoms with Crippen LogP contribution in [0.3, 0.4) is 0 Å². The summed E-state index contributed by atoms with van der Waals surface area (Å²) in [4.78, 5) is 11.2. The number of methoxy groups -OCH3 is 1. The smallest absolute Gasteiger partial charge is 0.373 e. The molecule has 0 unspecified atom stereocenters. The van der Waals surface area contributed by atoms with E-state index in [1.165, 1.54) is 7.11 Å². The molecule has 1 saturated heterocycles. The average molecular weight is 269 g/mol. The van der Waals surface area contributed by atoms with E-state index in [1.54, 1.807) is 12.1 Å². The molecule has 19 heavy (non-hydrogen) atoms. The van der Waals surface area contributed by atoms with E-state index in [-0.39, 0.29) is 5.76 Å². The van der Waals surface area contributed by atoms with Crippen LogP contribution in [0.4, 0.5) is 0 Å². The van der Waals surface area contributed by atoms with Gasteiger partial charge in [0.05, 0.1) is 19.3 Å². The maximum absolute atomic E-state index is 11.2. The number of hydrogen-bond acceptors (Lipinski definition) is 6. The highest BCUT2D eigenvalue weighted by atomic mass is 16.5. The summed E-state index contributed by atoms with van der Waals surface area (Å²) in [6.45, 7) is 2.11. The number of furan rings is 1. The number of ether oxygens (including phenoxy) is 2. The van der Waals surface area contributed by atoms with Crippen molar-refractivity contribution in [3.63, 3.8) is 0 Å². The molecule has 2 heterocycles. The topological polar surface area (TPSA) is 80.9 Å². The molecule has 2 rings (SSSR count). The second-order valence-electron chi connectivity index (χ2n) is 4.70. The third-order valence-corrected chi connectivity index (χ3v) is 3.23. The summed E-state index contributed by atoms with van der Waals surface area (Å²) in [6, 6.07) is 3.29. The molecule has 1 fully saturated rings. The number of hydrogen-bond donors (Lipinski definition) is 2. The maximum Gasteiger partial charge on any atom is 0.373 e. The highest BCUT2D eigenvalue weighted by Gasteiger charge is 2.29. The fraction of sp³-hybridized carbons (Fsp3) is 0.615. The first kappa shape index (κ1) is 14.0. The summed E-state index contributed by atoms with van der Waals surface area (Å²) >= 11 is 0. The van der Waals surface area contributed by atoms with Crippen molar-refractivity contribution < 1.29 is 23.8 Å². The van der Waals surface area contributed by atoms with Crippen molar-refractivity contribution in [2.24, 2.45) is 0 Å². The number of esters is 1. The van der Waals surface area contributed by atoms with E-state index in [2.05, 4.69) is 10.1 Å². The molecule has 0 spiro atoms. The van der Waals surface area contributed by atoms with Crippen LogP contribution < -0.4 is 5.32 Å². The third kappa shape index (κ3) is 3.79. The zero-order valence-corrected chi connectivity index (χ0v) is 11.0. The van der Waals surface area contributed by atoms with Crippen molar-refractivity contribution in [2.75, 3.05) is 26.9 Å². The number of aliphatic hydroxyl groups is 1. The molecule has 6 heteroatoms. The molecule has 1 aliphatic heterocycles. The van der Waals surface area contributed by atoms with Crippen molar-refractivity contribution in [2.45, 2.75) is 25.0 Å². The van der Waals surface area contributed by atoms with Gasteiger partial charge in [-0.3, -0.25) is 0 Å². The molecule has 0 aliphatic carbocycles. The number of nitrogens with one attached hydrogen (secondary N) is 1. The Morgan fingerprint density at radius 1 is 1.47 bits per heavy atom. The van der Waals surface area contributed by atoms with Gasteiger partial charge in [-0.25, -0.2) is 4.79 Å². The number of carbonyl (C=O) groups is 1. The van der Waals surface area contributed by atoms with Gasteiger partial charge in [-0.1, -0.05) is 0 Å². The van der Waals surface area contributed by atoms with Gasteiger partial charge in [0.15, 0.2) is 0 Å². The first-order valence-corrected chi connectivity index (χ1v) is 6.31. The molecule has 106 valence electrons. The van der Waals surface area contributed by atoms with Crippen molar-refractivity contribution >= 4 is 5.97 Å². The molecular formula is C13H19NO5. The minimum Gasteiger partial charge on any atom is -0.463 e. The molecule has 0 bridgehead atoms. The van der Waals surface area contributed by atoms with E-state index < -0.39 is 11.6 Å². The van der Waals surface area contributed by atoms with Gasteiger partial charge in [0.1, 0.15) is 5.76 Å². The van der Waals surface area contributed by atoms with Crippen LogP contribution in [0.15, 0.2) is 16.5 Å². The molecule has 0 saturated carbocycles. The summed E-state index contributed by atoms with van der Waals surface area (Å²) in [7, 11) is 1.31. The van der Waals surface area contributed by atoms with Gasteiger partial charge in [0, 0.05) is 32.6 Å². The number of rotatable bonds is 5. The summed E-state index contributed by atoms with van der Waals surface area (Å²) in [6.07, 6.45) is 1.26. The molecule has 1 aromatic heterocycles. The van der Waals surface area contributed by atoms with Crippen LogP contribution in [0, 0.1) is 0 Å². The van der Waals surface area contributed by atoms with Crippen LogP contribution in [-0.2, 0) is 16.0 Å². The monoisotopic (exact) mass is 269 g/mol. The highest BCUT2D eigenvalue weighted by Crippen LogP contribution is 2.19. The number of carbonyl (C=O) groups excluding carboxylic acids is 1. The van der Waals surface area contributed by atoms with Crippen molar-refractivity contribution in [1.82, 2.24) is 5.32 Å². The lowest BCUT2D eigenvalue weighted by Gasteiger charge is -2.32. The minimum atomic E-state index is -0.712. The highest BCUT2D eigenvalue weighted by molar-refractivity contribution is 5.86. The Hall–Kier alpha value is -1.37. The van der Waals surface area contributed by atoms with E-state index in [1.807, 2.05) is 0 Å². The van der Waals surface area contributed by atoms with E-state index in [9.17, 15) is 9.90 Å². The van der Waals surface area contributed by atoms with E-state index in [0.29, 0.717) is 44.9 Å². The Balaban J connectivity index is 1.79. The Kier molecular flexibility index (Phi) is 4.57. The van der Waals surface area contributed by atoms with Gasteiger partial charge in [-0.05, 0) is 12.1 Å². The van der Waals surface area contributed by atoms with Crippen LogP contribution in [0.2, 0.25) is 0 Å². The Labute approximate surface area is 111 Å². The van der Waals surface area contributed by atoms with Gasteiger partial charge >= 0.3 is 5.97 Å². The van der Waals surface area contributed by atoms with Gasteiger partial charge < -0.3 is 24.3 Å². The Morgan fingerprint density at radius 2 is 2.21 bits per heavy atom. The van der Waals surface area contributed by atoms with Crippen molar-refractivity contribution in [3.8, 4) is 0 Å². The van der Waals surface area contributed by atoms with Crippen LogP contribution in [0.5, 0.6) is 0 Å². The van der Waals surface area contributed by atoms with Crippen molar-refractivity contribution in [3.05, 3.63) is 23.7 Å². The zero-order chi connectivity index (χ0) is 13.7. The molecule has 6 nitrogen and oxygen atoms in total. The fourth-order valence-corrected chi connectivity index (χ4v) is 2.03. The molecule has 1 aromatic rings. The van der Waals surface area contributed by atoms with Gasteiger partial charge in [0.2, 0.25) is 5.76 Å². The molecule has 2 N–H and O–H groups in total. The van der Waals surface area contributed by atoms with Gasteiger partial charge in [-0.15, -0.1) is 0 Å². The summed E-state index contributed by atoms with van der Waals surface area (Å²) in [5, 5.41) is 13.4. The maximum atomic E-state index is 11.2. The Morgan fingerprint density at radius 3 is 2.89 bits per heavy atom. The Bertz CT molecular complexity index is 422. The zero-order valence-electron chi connectivity index (χ0n) is 11.0. The van der Waals surface area contributed by atoms with E-state index in [4.69, 9.17) is 9.15 Å². The van der Waals surface area contributed by atoms with Gasteiger partial charge in [0.25, 0.3) is 0 Å². The lowest BCUT2D eigenvalue weighted by molar-refractivity contribution is -0.0618. The lowest BCUT2D eigenvalue weighted by Crippen LogP contribution is -2.44. The molecule has 0 aromatic carbocycles. The van der Waals surface area contributed by atoms with E-state index >= 15 is 0 Å². The summed E-state index contributed by atoms with van der Waals surface area (Å²) in [5.41, 5.74) is -0.712. The molecule has 0 atom stereocenters. The molecule has 0 radical (unpaired) electrons. The van der Waals surface area contributed by atoms with Crippen molar-refractivity contribution in [1.29, 1.82) is 0 Å². The van der Waals surface area contributed by atoms with Gasteiger partial charge in [-0.2, -0.15) is 0 Å². The summed E-state index contributed by atoms with van der Waals surface area (Å²) in [5.74, 6) is 0.328. The molecule has 1 aliphatic rings. The fourth-order valence-electron chi connectivity index (χ4n) is 2.03. The van der Waals surface area contributed by atoms with Crippen LogP contribution in [0.25, 0.3) is 0 Å². The van der Waals surface area contributed by atoms with Crippen LogP contribution >= 0.6 is 0 Å². The SMILES string of the molecule is COC(=O)c1ccc(CNCC2(O)CCOCC2)o1. The largest absolute Gasteiger partial charge is 0.463 e. The minimum absolute atomic E-state index is 0.184. The second kappa shape index (κ2) is 6.18. The second-order valence-corrected chi connectivity index (χ2v) is 4.70. The van der Waals surface area contributed by atoms with E-state index in [0.717, 1.165) is 0 Å².